The lowest BCUT2D eigenvalue weighted by molar-refractivity contribution is 0.00652. The molecule has 0 unspecified atom stereocenters. The fraction of sp³-hybridized carbons (Fsp3) is 0.619. The predicted octanol–water partition coefficient (Wildman–Crippen LogP) is 2.95. The molecule has 36 heavy (non-hydrogen) atoms. The second kappa shape index (κ2) is 8.89. The summed E-state index contributed by atoms with van der Waals surface area (Å²) in [4.78, 5) is 1.83. The molecule has 196 valence electrons. The van der Waals surface area contributed by atoms with Gasteiger partial charge in [-0.2, -0.15) is 0 Å². The van der Waals surface area contributed by atoms with Crippen LogP contribution in [0.1, 0.15) is 51.0 Å². The normalized spacial score (nSPS) is 18.9. The van der Waals surface area contributed by atoms with E-state index in [1.165, 1.54) is 16.7 Å². The molecule has 4 heterocycles. The van der Waals surface area contributed by atoms with Crippen molar-refractivity contribution in [3.63, 3.8) is 0 Å². The number of nitrogens with one attached hydrogen (secondary N) is 1. The lowest BCUT2D eigenvalue weighted by atomic mass is 9.83. The van der Waals surface area contributed by atoms with Gasteiger partial charge in [0, 0.05) is 19.3 Å². The maximum absolute atomic E-state index is 13.5. The second-order valence-electron chi connectivity index (χ2n) is 9.96. The largest absolute Gasteiger partial charge is 0.390 e. The zero-order chi connectivity index (χ0) is 25.9. The third-order valence-electron chi connectivity index (χ3n) is 6.88. The molecule has 1 aliphatic heterocycles. The molecule has 1 saturated heterocycles. The van der Waals surface area contributed by atoms with Gasteiger partial charge in [0.15, 0.2) is 21.5 Å². The van der Waals surface area contributed by atoms with E-state index in [0.717, 1.165) is 0 Å². The molecule has 2 N–H and O–H groups in total. The van der Waals surface area contributed by atoms with Gasteiger partial charge in [-0.25, -0.2) is 26.3 Å². The standard InChI is InChI=1S/C21H26F3N7O3S2/c1-20(2,32)12-3-7-30(8-4-12)14-9-13(36(33,34)29-21(11-22)5-6-21)10-31-16(14)25-26-17(31)19-28-27-18(35-19)15(23)24/h9-10,12,15,29,32H,3-8,11H2,1-2H3. The summed E-state index contributed by atoms with van der Waals surface area (Å²) >= 11 is 0.643. The van der Waals surface area contributed by atoms with Crippen LogP contribution in [0.15, 0.2) is 17.2 Å². The number of halogens is 3. The molecule has 0 spiro atoms. The van der Waals surface area contributed by atoms with E-state index in [0.29, 0.717) is 61.4 Å². The van der Waals surface area contributed by atoms with Crippen LogP contribution in [0.25, 0.3) is 16.5 Å². The number of hydrogen-bond donors (Lipinski definition) is 2. The minimum atomic E-state index is -4.12. The molecule has 5 rings (SSSR count). The quantitative estimate of drug-likeness (QED) is 0.443. The van der Waals surface area contributed by atoms with Crippen LogP contribution in [0.2, 0.25) is 0 Å². The van der Waals surface area contributed by atoms with E-state index in [1.54, 1.807) is 13.8 Å². The average molecular weight is 546 g/mol. The number of rotatable bonds is 8. The summed E-state index contributed by atoms with van der Waals surface area (Å²) in [5.74, 6) is 0.144. The molecule has 0 bridgehead atoms. The highest BCUT2D eigenvalue weighted by molar-refractivity contribution is 7.89. The highest BCUT2D eigenvalue weighted by Gasteiger charge is 2.46. The van der Waals surface area contributed by atoms with Crippen LogP contribution in [0.4, 0.5) is 18.9 Å². The highest BCUT2D eigenvalue weighted by Crippen LogP contribution is 2.39. The van der Waals surface area contributed by atoms with E-state index in [-0.39, 0.29) is 21.6 Å². The van der Waals surface area contributed by atoms with E-state index < -0.39 is 39.3 Å². The van der Waals surface area contributed by atoms with Gasteiger partial charge in [0.1, 0.15) is 11.6 Å². The average Bonchev–Trinajstić information content (AvgIpc) is 3.21. The van der Waals surface area contributed by atoms with Gasteiger partial charge in [-0.05, 0) is 51.5 Å². The molecule has 0 radical (unpaired) electrons. The van der Waals surface area contributed by atoms with Crippen molar-refractivity contribution in [1.29, 1.82) is 0 Å². The van der Waals surface area contributed by atoms with Gasteiger partial charge in [-0.3, -0.25) is 4.40 Å². The Hall–Kier alpha value is -2.36. The first-order valence-corrected chi connectivity index (χ1v) is 13.8. The van der Waals surface area contributed by atoms with Crippen molar-refractivity contribution >= 4 is 32.7 Å². The van der Waals surface area contributed by atoms with E-state index in [2.05, 4.69) is 25.1 Å². The summed E-state index contributed by atoms with van der Waals surface area (Å²) in [5, 5.41) is 25.6. The molecule has 2 fully saturated rings. The molecule has 2 aliphatic rings. The molecule has 3 aromatic rings. The minimum Gasteiger partial charge on any atom is -0.390 e. The number of hydrogen-bond acceptors (Lipinski definition) is 9. The van der Waals surface area contributed by atoms with Crippen LogP contribution in [0, 0.1) is 5.92 Å². The molecule has 3 aromatic heterocycles. The number of pyridine rings is 1. The number of piperidine rings is 1. The summed E-state index contributed by atoms with van der Waals surface area (Å²) in [6.45, 7) is 3.79. The summed E-state index contributed by atoms with van der Waals surface area (Å²) in [5.41, 5.74) is -1.13. The summed E-state index contributed by atoms with van der Waals surface area (Å²) in [6, 6.07) is 1.47. The molecule has 1 saturated carbocycles. The lowest BCUT2D eigenvalue weighted by Crippen LogP contribution is -2.42. The Morgan fingerprint density at radius 1 is 1.22 bits per heavy atom. The van der Waals surface area contributed by atoms with Crippen molar-refractivity contribution in [2.75, 3.05) is 24.7 Å². The van der Waals surface area contributed by atoms with E-state index in [4.69, 9.17) is 0 Å². The Bertz CT molecular complexity index is 1380. The zero-order valence-corrected chi connectivity index (χ0v) is 21.3. The third kappa shape index (κ3) is 4.68. The number of anilines is 1. The van der Waals surface area contributed by atoms with Crippen LogP contribution in [-0.4, -0.2) is 69.2 Å². The zero-order valence-electron chi connectivity index (χ0n) is 19.7. The number of aromatic nitrogens is 5. The number of nitrogens with zero attached hydrogens (tertiary/aromatic N) is 6. The summed E-state index contributed by atoms with van der Waals surface area (Å²) in [7, 11) is -4.12. The SMILES string of the molecule is CC(C)(O)C1CCN(c2cc(S(=O)(=O)NC3(CF)CC3)cn3c(-c4nnc(C(F)F)s4)nnc23)CC1. The summed E-state index contributed by atoms with van der Waals surface area (Å²) in [6.07, 6.45) is 0.634. The van der Waals surface area contributed by atoms with Gasteiger partial charge >= 0.3 is 0 Å². The van der Waals surface area contributed by atoms with Gasteiger partial charge in [0.25, 0.3) is 6.43 Å². The van der Waals surface area contributed by atoms with Gasteiger partial charge in [-0.15, -0.1) is 20.4 Å². The van der Waals surface area contributed by atoms with E-state index >= 15 is 0 Å². The van der Waals surface area contributed by atoms with Crippen molar-refractivity contribution in [3.8, 4) is 10.8 Å². The number of fused-ring (bicyclic) bond motifs is 1. The van der Waals surface area contributed by atoms with Gasteiger partial charge in [0.2, 0.25) is 10.0 Å². The molecule has 15 heteroatoms. The Morgan fingerprint density at radius 3 is 2.47 bits per heavy atom. The molecule has 0 atom stereocenters. The Balaban J connectivity index is 1.59. The van der Waals surface area contributed by atoms with Crippen LogP contribution in [0.3, 0.4) is 0 Å². The van der Waals surface area contributed by atoms with Gasteiger partial charge in [0.05, 0.1) is 16.8 Å². The Morgan fingerprint density at radius 2 is 1.92 bits per heavy atom. The number of aliphatic hydroxyl groups is 1. The predicted molar refractivity (Wildman–Crippen MR) is 126 cm³/mol. The third-order valence-corrected chi connectivity index (χ3v) is 9.36. The van der Waals surface area contributed by atoms with Crippen molar-refractivity contribution < 1.29 is 26.7 Å². The van der Waals surface area contributed by atoms with E-state index in [1.807, 2.05) is 4.90 Å². The maximum Gasteiger partial charge on any atom is 0.291 e. The van der Waals surface area contributed by atoms with Crippen molar-refractivity contribution in [2.24, 2.45) is 5.92 Å². The first-order chi connectivity index (χ1) is 16.9. The fourth-order valence-corrected chi connectivity index (χ4v) is 6.61. The first kappa shape index (κ1) is 25.3. The minimum absolute atomic E-state index is 0.0643. The highest BCUT2D eigenvalue weighted by atomic mass is 32.2. The van der Waals surface area contributed by atoms with Crippen LogP contribution >= 0.6 is 11.3 Å². The molecule has 0 aromatic carbocycles. The number of alkyl halides is 3. The van der Waals surface area contributed by atoms with Crippen LogP contribution in [0.5, 0.6) is 0 Å². The van der Waals surface area contributed by atoms with Gasteiger partial charge < -0.3 is 10.0 Å². The molecule has 10 nitrogen and oxygen atoms in total. The molecule has 0 amide bonds. The Kier molecular flexibility index (Phi) is 6.24. The lowest BCUT2D eigenvalue weighted by Gasteiger charge is -2.38. The monoisotopic (exact) mass is 545 g/mol. The molecular weight excluding hydrogens is 519 g/mol. The fourth-order valence-electron chi connectivity index (χ4n) is 4.48. The van der Waals surface area contributed by atoms with E-state index in [9.17, 15) is 26.7 Å². The van der Waals surface area contributed by atoms with Crippen molar-refractivity contribution in [3.05, 3.63) is 17.3 Å². The topological polar surface area (TPSA) is 126 Å². The first-order valence-electron chi connectivity index (χ1n) is 11.5. The summed E-state index contributed by atoms with van der Waals surface area (Å²) < 4.78 is 70.1. The number of sulfonamides is 1. The maximum atomic E-state index is 13.5. The van der Waals surface area contributed by atoms with Crippen molar-refractivity contribution in [1.82, 2.24) is 29.5 Å². The molecular formula is C21H26F3N7O3S2. The second-order valence-corrected chi connectivity index (χ2v) is 12.7. The van der Waals surface area contributed by atoms with Gasteiger partial charge in [-0.1, -0.05) is 11.3 Å². The van der Waals surface area contributed by atoms with Crippen molar-refractivity contribution in [2.45, 2.75) is 62.0 Å². The van der Waals surface area contributed by atoms with Crippen LogP contribution < -0.4 is 9.62 Å². The molecule has 1 aliphatic carbocycles. The Labute approximate surface area is 209 Å². The van der Waals surface area contributed by atoms with Crippen LogP contribution in [-0.2, 0) is 10.0 Å². The smallest absolute Gasteiger partial charge is 0.291 e.